The molecule has 1 rings (SSSR count). The van der Waals surface area contributed by atoms with Crippen LogP contribution in [0.4, 0.5) is 0 Å². The van der Waals surface area contributed by atoms with Gasteiger partial charge in [0.1, 0.15) is 11.9 Å². The molecule has 108 valence electrons. The molecule has 0 saturated heterocycles. The van der Waals surface area contributed by atoms with E-state index in [0.717, 1.165) is 12.3 Å². The maximum Gasteiger partial charge on any atom is 0.134 e. The van der Waals surface area contributed by atoms with Crippen molar-refractivity contribution in [3.05, 3.63) is 24.3 Å². The number of nitrogens with one attached hydrogen (secondary N) is 1. The summed E-state index contributed by atoms with van der Waals surface area (Å²) in [7, 11) is 1.70. The SMILES string of the molecule is COCC(CNC(C)(C)C)Oc1ccc(SC)cc1. The minimum atomic E-state index is 0.0179. The maximum absolute atomic E-state index is 5.95. The smallest absolute Gasteiger partial charge is 0.134 e. The molecular formula is C15H25NO2S. The van der Waals surface area contributed by atoms with E-state index in [1.54, 1.807) is 18.9 Å². The Morgan fingerprint density at radius 2 is 1.84 bits per heavy atom. The highest BCUT2D eigenvalue weighted by atomic mass is 32.2. The zero-order valence-corrected chi connectivity index (χ0v) is 13.3. The van der Waals surface area contributed by atoms with E-state index in [0.29, 0.717) is 6.61 Å². The molecule has 0 spiro atoms. The summed E-state index contributed by atoms with van der Waals surface area (Å²) in [5.41, 5.74) is 0.0814. The van der Waals surface area contributed by atoms with Crippen LogP contribution in [-0.2, 0) is 4.74 Å². The van der Waals surface area contributed by atoms with Gasteiger partial charge in [-0.25, -0.2) is 0 Å². The van der Waals surface area contributed by atoms with Crippen molar-refractivity contribution in [2.24, 2.45) is 0 Å². The van der Waals surface area contributed by atoms with Crippen LogP contribution >= 0.6 is 11.8 Å². The number of ether oxygens (including phenoxy) is 2. The summed E-state index contributed by atoms with van der Waals surface area (Å²) < 4.78 is 11.2. The third-order valence-corrected chi connectivity index (χ3v) is 3.32. The van der Waals surface area contributed by atoms with Crippen LogP contribution < -0.4 is 10.1 Å². The molecule has 0 aliphatic rings. The zero-order valence-electron chi connectivity index (χ0n) is 12.5. The second kappa shape index (κ2) is 7.78. The highest BCUT2D eigenvalue weighted by Gasteiger charge is 2.15. The Hall–Kier alpha value is -0.710. The second-order valence-electron chi connectivity index (χ2n) is 5.50. The Morgan fingerprint density at radius 3 is 2.32 bits per heavy atom. The quantitative estimate of drug-likeness (QED) is 0.779. The van der Waals surface area contributed by atoms with Gasteiger partial charge in [0.15, 0.2) is 0 Å². The zero-order chi connectivity index (χ0) is 14.3. The molecule has 0 amide bonds. The van der Waals surface area contributed by atoms with E-state index in [1.807, 2.05) is 12.1 Å². The number of methoxy groups -OCH3 is 1. The Kier molecular flexibility index (Phi) is 6.69. The average molecular weight is 283 g/mol. The molecule has 0 aliphatic carbocycles. The fourth-order valence-electron chi connectivity index (χ4n) is 1.59. The van der Waals surface area contributed by atoms with Crippen LogP contribution in [0, 0.1) is 0 Å². The Morgan fingerprint density at radius 1 is 1.21 bits per heavy atom. The van der Waals surface area contributed by atoms with Gasteiger partial charge in [-0.15, -0.1) is 11.8 Å². The lowest BCUT2D eigenvalue weighted by Gasteiger charge is -2.25. The minimum absolute atomic E-state index is 0.0179. The van der Waals surface area contributed by atoms with Crippen LogP contribution in [0.2, 0.25) is 0 Å². The molecule has 0 aliphatic heterocycles. The summed E-state index contributed by atoms with van der Waals surface area (Å²) in [6, 6.07) is 8.15. The highest BCUT2D eigenvalue weighted by Crippen LogP contribution is 2.19. The van der Waals surface area contributed by atoms with Crippen LogP contribution in [-0.4, -0.2) is 38.2 Å². The van der Waals surface area contributed by atoms with Crippen LogP contribution in [0.1, 0.15) is 20.8 Å². The van der Waals surface area contributed by atoms with Crippen molar-refractivity contribution in [3.63, 3.8) is 0 Å². The van der Waals surface area contributed by atoms with E-state index in [2.05, 4.69) is 44.5 Å². The van der Waals surface area contributed by atoms with Crippen molar-refractivity contribution in [1.29, 1.82) is 0 Å². The molecule has 19 heavy (non-hydrogen) atoms. The topological polar surface area (TPSA) is 30.5 Å². The van der Waals surface area contributed by atoms with Crippen LogP contribution in [0.15, 0.2) is 29.2 Å². The molecule has 0 bridgehead atoms. The monoisotopic (exact) mass is 283 g/mol. The molecular weight excluding hydrogens is 258 g/mol. The van der Waals surface area contributed by atoms with Gasteiger partial charge in [-0.2, -0.15) is 0 Å². The fraction of sp³-hybridized carbons (Fsp3) is 0.600. The molecule has 1 atom stereocenters. The third kappa shape index (κ3) is 6.85. The summed E-state index contributed by atoms with van der Waals surface area (Å²) >= 11 is 1.73. The van der Waals surface area contributed by atoms with Crippen molar-refractivity contribution in [1.82, 2.24) is 5.32 Å². The fourth-order valence-corrected chi connectivity index (χ4v) is 2.00. The lowest BCUT2D eigenvalue weighted by Crippen LogP contribution is -2.44. The Bertz CT molecular complexity index is 359. The lowest BCUT2D eigenvalue weighted by molar-refractivity contribution is 0.0764. The van der Waals surface area contributed by atoms with E-state index in [9.17, 15) is 0 Å². The number of rotatable bonds is 7. The van der Waals surface area contributed by atoms with Crippen molar-refractivity contribution in [2.45, 2.75) is 37.3 Å². The summed E-state index contributed by atoms with van der Waals surface area (Å²) in [5.74, 6) is 0.885. The van der Waals surface area contributed by atoms with Gasteiger partial charge in [-0.3, -0.25) is 0 Å². The van der Waals surface area contributed by atoms with Gasteiger partial charge in [0, 0.05) is 24.1 Å². The van der Waals surface area contributed by atoms with Gasteiger partial charge < -0.3 is 14.8 Å². The van der Waals surface area contributed by atoms with E-state index in [4.69, 9.17) is 9.47 Å². The number of hydrogen-bond donors (Lipinski definition) is 1. The van der Waals surface area contributed by atoms with Gasteiger partial charge in [-0.1, -0.05) is 0 Å². The van der Waals surface area contributed by atoms with Crippen LogP contribution in [0.3, 0.4) is 0 Å². The van der Waals surface area contributed by atoms with E-state index in [1.165, 1.54) is 4.90 Å². The molecule has 0 radical (unpaired) electrons. The molecule has 0 saturated carbocycles. The predicted octanol–water partition coefficient (Wildman–Crippen LogP) is 3.19. The number of hydrogen-bond acceptors (Lipinski definition) is 4. The Labute approximate surface area is 121 Å². The first-order valence-electron chi connectivity index (χ1n) is 6.49. The summed E-state index contributed by atoms with van der Waals surface area (Å²) in [5, 5.41) is 3.44. The maximum atomic E-state index is 5.95. The van der Waals surface area contributed by atoms with E-state index in [-0.39, 0.29) is 11.6 Å². The van der Waals surface area contributed by atoms with Crippen LogP contribution in [0.5, 0.6) is 5.75 Å². The normalized spacial score (nSPS) is 13.3. The molecule has 1 aromatic carbocycles. The first-order valence-corrected chi connectivity index (χ1v) is 7.72. The van der Waals surface area contributed by atoms with E-state index >= 15 is 0 Å². The molecule has 0 heterocycles. The summed E-state index contributed by atoms with van der Waals surface area (Å²) in [4.78, 5) is 1.24. The average Bonchev–Trinajstić information content (AvgIpc) is 2.36. The first kappa shape index (κ1) is 16.3. The second-order valence-corrected chi connectivity index (χ2v) is 6.38. The molecule has 0 aromatic heterocycles. The standard InChI is InChI=1S/C15H25NO2S/c1-15(2,3)16-10-13(11-17-4)18-12-6-8-14(19-5)9-7-12/h6-9,13,16H,10-11H2,1-5H3. The molecule has 3 nitrogen and oxygen atoms in total. The minimum Gasteiger partial charge on any atom is -0.487 e. The van der Waals surface area contributed by atoms with Crippen molar-refractivity contribution in [3.8, 4) is 5.75 Å². The lowest BCUT2D eigenvalue weighted by atomic mass is 10.1. The summed E-state index contributed by atoms with van der Waals surface area (Å²) in [6.45, 7) is 7.77. The first-order chi connectivity index (χ1) is 8.94. The van der Waals surface area contributed by atoms with Gasteiger partial charge in [0.2, 0.25) is 0 Å². The van der Waals surface area contributed by atoms with Gasteiger partial charge >= 0.3 is 0 Å². The van der Waals surface area contributed by atoms with Crippen molar-refractivity contribution in [2.75, 3.05) is 26.5 Å². The predicted molar refractivity (Wildman–Crippen MR) is 82.3 cm³/mol. The van der Waals surface area contributed by atoms with Crippen molar-refractivity contribution < 1.29 is 9.47 Å². The number of benzene rings is 1. The Balaban J connectivity index is 2.56. The molecule has 1 aromatic rings. The summed E-state index contributed by atoms with van der Waals surface area (Å²) in [6.07, 6.45) is 2.08. The van der Waals surface area contributed by atoms with Crippen LogP contribution in [0.25, 0.3) is 0 Å². The van der Waals surface area contributed by atoms with Gasteiger partial charge in [0.05, 0.1) is 6.61 Å². The van der Waals surface area contributed by atoms with Crippen molar-refractivity contribution >= 4 is 11.8 Å². The molecule has 4 heteroatoms. The third-order valence-electron chi connectivity index (χ3n) is 2.57. The van der Waals surface area contributed by atoms with Gasteiger partial charge in [-0.05, 0) is 51.3 Å². The molecule has 0 fully saturated rings. The molecule has 1 N–H and O–H groups in total. The highest BCUT2D eigenvalue weighted by molar-refractivity contribution is 7.98. The number of thioether (sulfide) groups is 1. The van der Waals surface area contributed by atoms with Gasteiger partial charge in [0.25, 0.3) is 0 Å². The molecule has 1 unspecified atom stereocenters. The largest absolute Gasteiger partial charge is 0.487 e. The van der Waals surface area contributed by atoms with E-state index < -0.39 is 0 Å².